The molecule has 0 aromatic heterocycles. The lowest BCUT2D eigenvalue weighted by Crippen LogP contribution is -2.37. The van der Waals surface area contributed by atoms with Crippen LogP contribution in [0.5, 0.6) is 0 Å². The summed E-state index contributed by atoms with van der Waals surface area (Å²) in [7, 11) is 0.997. The highest BCUT2D eigenvalue weighted by Gasteiger charge is 2.39. The molecule has 12 nitrogen and oxygen atoms in total. The number of allylic oxidation sites excluding steroid dienone is 8. The van der Waals surface area contributed by atoms with Crippen molar-refractivity contribution in [2.75, 3.05) is 47.5 Å². The van der Waals surface area contributed by atoms with E-state index in [9.17, 15) is 34.4 Å². The summed E-state index contributed by atoms with van der Waals surface area (Å²) in [5.41, 5.74) is 0. The summed E-state index contributed by atoms with van der Waals surface area (Å²) in [5.74, 6) is -1.36. The minimum atomic E-state index is -4.70. The van der Waals surface area contributed by atoms with Gasteiger partial charge >= 0.3 is 11.9 Å². The van der Waals surface area contributed by atoms with Crippen LogP contribution in [0.3, 0.4) is 0 Å². The first-order chi connectivity index (χ1) is 29.2. The fraction of sp³-hybridized carbons (Fsp3) is 0.750. The summed E-state index contributed by atoms with van der Waals surface area (Å²) in [6.45, 7) is 3.78. The molecule has 1 saturated carbocycles. The molecule has 1 unspecified atom stereocenters. The van der Waals surface area contributed by atoms with E-state index in [-0.39, 0.29) is 37.9 Å². The molecule has 0 aliphatic heterocycles. The van der Waals surface area contributed by atoms with Crippen LogP contribution in [0, 0.1) is 11.8 Å². The molecule has 3 N–H and O–H groups in total. The Bertz CT molecular complexity index is 1340. The van der Waals surface area contributed by atoms with Gasteiger partial charge in [-0.2, -0.15) is 0 Å². The molecule has 0 radical (unpaired) electrons. The molecule has 1 aliphatic carbocycles. The number of aliphatic hydroxyl groups excluding tert-OH is 3. The number of aliphatic hydroxyl groups is 3. The first kappa shape index (κ1) is 56.6. The summed E-state index contributed by atoms with van der Waals surface area (Å²) in [6, 6.07) is 0. The van der Waals surface area contributed by atoms with Crippen molar-refractivity contribution >= 4 is 19.8 Å². The third kappa shape index (κ3) is 32.0. The van der Waals surface area contributed by atoms with Gasteiger partial charge in [0.2, 0.25) is 0 Å². The highest BCUT2D eigenvalue weighted by atomic mass is 31.2. The van der Waals surface area contributed by atoms with Crippen LogP contribution in [-0.4, -0.2) is 104 Å². The summed E-state index contributed by atoms with van der Waals surface area (Å²) in [6.07, 6.45) is 34.6. The minimum Gasteiger partial charge on any atom is -0.756 e. The predicted octanol–water partition coefficient (Wildman–Crippen LogP) is 8.99. The normalized spacial score (nSPS) is 20.7. The van der Waals surface area contributed by atoms with Crippen molar-refractivity contribution in [2.24, 2.45) is 11.8 Å². The highest BCUT2D eigenvalue weighted by molar-refractivity contribution is 7.45. The highest BCUT2D eigenvalue weighted by Crippen LogP contribution is 2.39. The van der Waals surface area contributed by atoms with E-state index in [2.05, 4.69) is 56.4 Å². The Morgan fingerprint density at radius 2 is 1.33 bits per heavy atom. The van der Waals surface area contributed by atoms with Gasteiger partial charge in [0.05, 0.1) is 46.1 Å². The van der Waals surface area contributed by atoms with Gasteiger partial charge < -0.3 is 43.2 Å². The molecule has 0 aromatic carbocycles. The molecule has 61 heavy (non-hydrogen) atoms. The largest absolute Gasteiger partial charge is 0.756 e. The van der Waals surface area contributed by atoms with Crippen LogP contribution in [0.2, 0.25) is 0 Å². The number of esters is 2. The first-order valence-corrected chi connectivity index (χ1v) is 24.7. The van der Waals surface area contributed by atoms with Crippen LogP contribution >= 0.6 is 7.82 Å². The summed E-state index contributed by atoms with van der Waals surface area (Å²) in [4.78, 5) is 37.8. The lowest BCUT2D eigenvalue weighted by atomic mass is 9.88. The van der Waals surface area contributed by atoms with Gasteiger partial charge in [0.25, 0.3) is 7.82 Å². The number of ether oxygens (including phenoxy) is 2. The second kappa shape index (κ2) is 35.0. The van der Waals surface area contributed by atoms with Crippen molar-refractivity contribution in [3.8, 4) is 0 Å². The van der Waals surface area contributed by atoms with Crippen molar-refractivity contribution in [2.45, 2.75) is 173 Å². The molecule has 0 heterocycles. The van der Waals surface area contributed by atoms with Gasteiger partial charge in [0.1, 0.15) is 19.8 Å². The van der Waals surface area contributed by atoms with Crippen LogP contribution in [0.15, 0.2) is 60.8 Å². The molecule has 13 heteroatoms. The molecule has 7 atom stereocenters. The Morgan fingerprint density at radius 3 is 1.97 bits per heavy atom. The van der Waals surface area contributed by atoms with E-state index < -0.39 is 50.8 Å². The second-order valence-electron chi connectivity index (χ2n) is 17.4. The molecule has 1 fully saturated rings. The van der Waals surface area contributed by atoms with Crippen LogP contribution in [0.4, 0.5) is 0 Å². The molecule has 0 spiro atoms. The fourth-order valence-electron chi connectivity index (χ4n) is 6.92. The van der Waals surface area contributed by atoms with E-state index in [1.54, 1.807) is 6.08 Å². The van der Waals surface area contributed by atoms with Crippen molar-refractivity contribution in [3.63, 3.8) is 0 Å². The predicted molar refractivity (Wildman–Crippen MR) is 242 cm³/mol. The van der Waals surface area contributed by atoms with Crippen molar-refractivity contribution in [1.29, 1.82) is 0 Å². The number of hydrogen-bond donors (Lipinski definition) is 3. The van der Waals surface area contributed by atoms with E-state index in [0.717, 1.165) is 64.2 Å². The van der Waals surface area contributed by atoms with E-state index in [1.807, 2.05) is 33.3 Å². The SMILES string of the molecule is CCCCC/C=C\C/C=C\C/C=C\C/C=C\CCCC(=O)OC[C@H](COP(=O)([O-])OCC[N+](C)(C)C)OC(=O)CCCCCC[C@@H]1[C@@H](/C=C/[C@@H](O)CCCCC)[C@H](O)C[C@@H]1O. The van der Waals surface area contributed by atoms with Gasteiger partial charge in [-0.25, -0.2) is 0 Å². The first-order valence-electron chi connectivity index (χ1n) is 23.3. The number of quaternary nitrogens is 1. The van der Waals surface area contributed by atoms with Gasteiger partial charge in [0, 0.05) is 25.2 Å². The Balaban J connectivity index is 2.50. The molecular weight excluding hydrogens is 797 g/mol. The van der Waals surface area contributed by atoms with E-state index in [4.69, 9.17) is 18.5 Å². The van der Waals surface area contributed by atoms with Gasteiger partial charge in [-0.3, -0.25) is 14.2 Å². The maximum Gasteiger partial charge on any atom is 0.306 e. The summed E-state index contributed by atoms with van der Waals surface area (Å²) >= 11 is 0. The minimum absolute atomic E-state index is 0.0803. The number of phosphoric ester groups is 1. The Kier molecular flexibility index (Phi) is 32.5. The second-order valence-corrected chi connectivity index (χ2v) is 18.8. The smallest absolute Gasteiger partial charge is 0.306 e. The number of rotatable bonds is 37. The third-order valence-electron chi connectivity index (χ3n) is 10.6. The average Bonchev–Trinajstić information content (AvgIpc) is 3.47. The quantitative estimate of drug-likeness (QED) is 0.0179. The zero-order chi connectivity index (χ0) is 45.2. The van der Waals surface area contributed by atoms with Crippen LogP contribution < -0.4 is 4.89 Å². The van der Waals surface area contributed by atoms with E-state index >= 15 is 0 Å². The maximum atomic E-state index is 12.8. The lowest BCUT2D eigenvalue weighted by Gasteiger charge is -2.28. The summed E-state index contributed by atoms with van der Waals surface area (Å²) < 4.78 is 33.9. The molecular formula is C48H84NO11P. The molecule has 0 bridgehead atoms. The maximum absolute atomic E-state index is 12.8. The van der Waals surface area contributed by atoms with Gasteiger partial charge in [0.15, 0.2) is 6.10 Å². The molecule has 0 saturated heterocycles. The average molecular weight is 882 g/mol. The van der Waals surface area contributed by atoms with Crippen LogP contribution in [0.25, 0.3) is 0 Å². The molecule has 352 valence electrons. The zero-order valence-electron chi connectivity index (χ0n) is 38.4. The molecule has 0 aromatic rings. The lowest BCUT2D eigenvalue weighted by molar-refractivity contribution is -0.870. The van der Waals surface area contributed by atoms with Gasteiger partial charge in [-0.05, 0) is 70.1 Å². The van der Waals surface area contributed by atoms with Gasteiger partial charge in [-0.1, -0.05) is 126 Å². The standard InChI is InChI=1S/C48H84NO11P/c1-6-8-10-11-12-13-14-15-16-17-18-19-20-21-22-23-28-32-47(53)57-39-42(40-59-61(55,56)58-37-36-49(3,4)5)60-48(54)33-29-25-24-27-31-43-44(46(52)38-45(43)51)35-34-41(50)30-26-9-7-2/h12-13,15-16,18-19,21-22,34-35,41-46,50-52H,6-11,14,17,20,23-33,36-40H2,1-5H3/b13-12-,16-15-,19-18-,22-21-,35-34+/t41-,42+,43+,44+,45-,46+/m0/s1. The number of likely N-dealkylation sites (N-methyl/N-ethyl adjacent to an activating group) is 1. The third-order valence-corrected chi connectivity index (χ3v) is 11.6. The van der Waals surface area contributed by atoms with Crippen molar-refractivity contribution in [3.05, 3.63) is 60.8 Å². The number of unbranched alkanes of at least 4 members (excludes halogenated alkanes) is 9. The Morgan fingerprint density at radius 1 is 0.738 bits per heavy atom. The van der Waals surface area contributed by atoms with Gasteiger partial charge in [-0.15, -0.1) is 0 Å². The van der Waals surface area contributed by atoms with E-state index in [0.29, 0.717) is 49.6 Å². The zero-order valence-corrected chi connectivity index (χ0v) is 39.3. The number of carbonyl (C=O) groups excluding carboxylic acids is 2. The number of nitrogens with zero attached hydrogens (tertiary/aromatic N) is 1. The van der Waals surface area contributed by atoms with E-state index in [1.165, 1.54) is 19.3 Å². The topological polar surface area (TPSA) is 172 Å². The van der Waals surface area contributed by atoms with Crippen molar-refractivity contribution in [1.82, 2.24) is 0 Å². The Hall–Kier alpha value is -2.41. The van der Waals surface area contributed by atoms with Crippen molar-refractivity contribution < 1.29 is 57.4 Å². The summed E-state index contributed by atoms with van der Waals surface area (Å²) in [5, 5.41) is 31.5. The Labute approximate surface area is 369 Å². The van der Waals surface area contributed by atoms with Crippen LogP contribution in [0.1, 0.15) is 149 Å². The molecule has 1 aliphatic rings. The number of hydrogen-bond acceptors (Lipinski definition) is 11. The molecule has 0 amide bonds. The van der Waals surface area contributed by atoms with Crippen LogP contribution in [-0.2, 0) is 32.7 Å². The number of carbonyl (C=O) groups is 2. The number of phosphoric acid groups is 1. The monoisotopic (exact) mass is 882 g/mol. The molecule has 1 rings (SSSR count). The fourth-order valence-corrected chi connectivity index (χ4v) is 7.65.